The number of amides is 1. The Hall–Kier alpha value is -3.65. The van der Waals surface area contributed by atoms with Crippen LogP contribution in [-0.4, -0.2) is 28.3 Å². The Morgan fingerprint density at radius 2 is 2.03 bits per heavy atom. The minimum absolute atomic E-state index is 0.234. The summed E-state index contributed by atoms with van der Waals surface area (Å²) in [6.45, 7) is 2.59. The van der Waals surface area contributed by atoms with Gasteiger partial charge >= 0.3 is 5.97 Å². The van der Waals surface area contributed by atoms with E-state index in [0.29, 0.717) is 34.0 Å². The van der Waals surface area contributed by atoms with E-state index >= 15 is 0 Å². The number of hydrogen-bond donors (Lipinski definition) is 1. The minimum atomic E-state index is -0.505. The lowest BCUT2D eigenvalue weighted by Gasteiger charge is -2.08. The molecular formula is C22H19N3O4S. The minimum Gasteiger partial charge on any atom is -0.464 e. The third-order valence-corrected chi connectivity index (χ3v) is 5.30. The molecule has 0 saturated carbocycles. The van der Waals surface area contributed by atoms with Crippen molar-refractivity contribution < 1.29 is 18.7 Å². The van der Waals surface area contributed by atoms with Crippen molar-refractivity contribution in [3.05, 3.63) is 83.2 Å². The Balaban J connectivity index is 1.54. The van der Waals surface area contributed by atoms with Gasteiger partial charge in [-0.1, -0.05) is 12.1 Å². The van der Waals surface area contributed by atoms with Crippen LogP contribution in [0, 0.1) is 0 Å². The first-order chi connectivity index (χ1) is 14.7. The van der Waals surface area contributed by atoms with Gasteiger partial charge in [0.05, 0.1) is 19.4 Å². The number of esters is 1. The number of rotatable bonds is 7. The summed E-state index contributed by atoms with van der Waals surface area (Å²) in [6, 6.07) is 12.6. The lowest BCUT2D eigenvalue weighted by molar-refractivity contribution is 0.0529. The number of furan rings is 1. The van der Waals surface area contributed by atoms with Gasteiger partial charge in [-0.25, -0.2) is 4.79 Å². The van der Waals surface area contributed by atoms with Gasteiger partial charge in [-0.15, -0.1) is 11.3 Å². The molecule has 0 unspecified atom stereocenters. The Kier molecular flexibility index (Phi) is 5.76. The molecule has 0 atom stereocenters. The smallest absolute Gasteiger partial charge is 0.341 e. The zero-order valence-corrected chi connectivity index (χ0v) is 17.0. The van der Waals surface area contributed by atoms with Crippen LogP contribution in [0.4, 0.5) is 5.00 Å². The first-order valence-electron chi connectivity index (χ1n) is 9.36. The van der Waals surface area contributed by atoms with Crippen molar-refractivity contribution in [3.63, 3.8) is 0 Å². The maximum Gasteiger partial charge on any atom is 0.341 e. The monoisotopic (exact) mass is 421 g/mol. The first kappa shape index (κ1) is 19.7. The van der Waals surface area contributed by atoms with Crippen molar-refractivity contribution in [1.82, 2.24) is 9.78 Å². The molecule has 1 aromatic carbocycles. The molecule has 7 nitrogen and oxygen atoms in total. The predicted molar refractivity (Wildman–Crippen MR) is 114 cm³/mol. The number of nitrogens with one attached hydrogen (secondary N) is 1. The Labute approximate surface area is 176 Å². The number of nitrogens with zero attached hydrogens (tertiary/aromatic N) is 2. The van der Waals surface area contributed by atoms with E-state index in [1.54, 1.807) is 42.8 Å². The number of carbonyl (C=O) groups excluding carboxylic acids is 2. The average molecular weight is 421 g/mol. The average Bonchev–Trinajstić information content (AvgIpc) is 3.50. The topological polar surface area (TPSA) is 86.4 Å². The second-order valence-electron chi connectivity index (χ2n) is 6.41. The standard InChI is InChI=1S/C22H19N3O4S/c1-2-28-22(27)19-17(18-5-3-12-29-18)14-30-21(19)24-20(26)16-8-6-15(7-9-16)13-25-11-4-10-23-25/h3-12,14H,2,13H2,1H3,(H,24,26). The van der Waals surface area contributed by atoms with Crippen LogP contribution in [0.3, 0.4) is 0 Å². The van der Waals surface area contributed by atoms with E-state index in [-0.39, 0.29) is 12.5 Å². The van der Waals surface area contributed by atoms with Crippen LogP contribution in [0.5, 0.6) is 0 Å². The number of aromatic nitrogens is 2. The summed E-state index contributed by atoms with van der Waals surface area (Å²) in [5, 5.41) is 9.20. The van der Waals surface area contributed by atoms with E-state index < -0.39 is 5.97 Å². The van der Waals surface area contributed by atoms with Gasteiger partial charge in [-0.2, -0.15) is 5.10 Å². The molecule has 1 amide bonds. The van der Waals surface area contributed by atoms with E-state index in [4.69, 9.17) is 9.15 Å². The Bertz CT molecular complexity index is 1130. The van der Waals surface area contributed by atoms with Crippen molar-refractivity contribution in [2.75, 3.05) is 11.9 Å². The van der Waals surface area contributed by atoms with Crippen LogP contribution in [0.2, 0.25) is 0 Å². The fourth-order valence-corrected chi connectivity index (χ4v) is 3.92. The maximum atomic E-state index is 12.8. The van der Waals surface area contributed by atoms with Crippen molar-refractivity contribution in [3.8, 4) is 11.3 Å². The Morgan fingerprint density at radius 3 is 2.70 bits per heavy atom. The third kappa shape index (κ3) is 4.18. The summed E-state index contributed by atoms with van der Waals surface area (Å²) in [4.78, 5) is 25.3. The first-order valence-corrected chi connectivity index (χ1v) is 10.2. The van der Waals surface area contributed by atoms with E-state index in [1.807, 2.05) is 29.1 Å². The molecule has 0 aliphatic rings. The number of anilines is 1. The molecule has 0 aliphatic heterocycles. The van der Waals surface area contributed by atoms with Gasteiger partial charge in [0.25, 0.3) is 5.91 Å². The molecule has 0 fully saturated rings. The number of thiophene rings is 1. The SMILES string of the molecule is CCOC(=O)c1c(-c2ccco2)csc1NC(=O)c1ccc(Cn2cccn2)cc1. The Morgan fingerprint density at radius 1 is 1.20 bits per heavy atom. The molecule has 0 aliphatic carbocycles. The molecule has 1 N–H and O–H groups in total. The highest BCUT2D eigenvalue weighted by Crippen LogP contribution is 2.36. The molecule has 152 valence electrons. The van der Waals surface area contributed by atoms with E-state index in [2.05, 4.69) is 10.4 Å². The fourth-order valence-electron chi connectivity index (χ4n) is 2.99. The molecule has 8 heteroatoms. The zero-order chi connectivity index (χ0) is 20.9. The second kappa shape index (κ2) is 8.79. The van der Waals surface area contributed by atoms with Crippen LogP contribution < -0.4 is 5.32 Å². The molecular weight excluding hydrogens is 402 g/mol. The molecule has 3 aromatic heterocycles. The van der Waals surface area contributed by atoms with Crippen LogP contribution in [0.15, 0.2) is 70.9 Å². The quantitative estimate of drug-likeness (QED) is 0.438. The number of hydrogen-bond acceptors (Lipinski definition) is 6. The van der Waals surface area contributed by atoms with Crippen molar-refractivity contribution in [2.24, 2.45) is 0 Å². The third-order valence-electron chi connectivity index (χ3n) is 4.40. The summed E-state index contributed by atoms with van der Waals surface area (Å²) in [6.07, 6.45) is 5.14. The van der Waals surface area contributed by atoms with Crippen LogP contribution in [0.25, 0.3) is 11.3 Å². The van der Waals surface area contributed by atoms with Gasteiger partial charge in [0.1, 0.15) is 16.3 Å². The molecule has 4 rings (SSSR count). The van der Waals surface area contributed by atoms with Gasteiger partial charge < -0.3 is 14.5 Å². The fraction of sp³-hybridized carbons (Fsp3) is 0.136. The zero-order valence-electron chi connectivity index (χ0n) is 16.2. The summed E-state index contributed by atoms with van der Waals surface area (Å²) in [5.41, 5.74) is 2.40. The lowest BCUT2D eigenvalue weighted by Crippen LogP contribution is -2.15. The van der Waals surface area contributed by atoms with Gasteiger partial charge in [0, 0.05) is 28.9 Å². The molecule has 30 heavy (non-hydrogen) atoms. The summed E-state index contributed by atoms with van der Waals surface area (Å²) in [5.74, 6) is -0.271. The molecule has 4 aromatic rings. The predicted octanol–water partition coefficient (Wildman–Crippen LogP) is 4.68. The number of benzene rings is 1. The van der Waals surface area contributed by atoms with Crippen LogP contribution in [-0.2, 0) is 11.3 Å². The van der Waals surface area contributed by atoms with E-state index in [1.165, 1.54) is 17.6 Å². The van der Waals surface area contributed by atoms with Gasteiger partial charge in [0.15, 0.2) is 0 Å². The lowest BCUT2D eigenvalue weighted by atomic mass is 10.1. The second-order valence-corrected chi connectivity index (χ2v) is 7.29. The highest BCUT2D eigenvalue weighted by Gasteiger charge is 2.24. The summed E-state index contributed by atoms with van der Waals surface area (Å²) >= 11 is 1.25. The van der Waals surface area contributed by atoms with Gasteiger partial charge in [0.2, 0.25) is 0 Å². The summed E-state index contributed by atoms with van der Waals surface area (Å²) in [7, 11) is 0. The number of ether oxygens (including phenoxy) is 1. The van der Waals surface area contributed by atoms with Crippen molar-refractivity contribution >= 4 is 28.2 Å². The maximum absolute atomic E-state index is 12.8. The molecule has 3 heterocycles. The highest BCUT2D eigenvalue weighted by molar-refractivity contribution is 7.15. The van der Waals surface area contributed by atoms with E-state index in [0.717, 1.165) is 5.56 Å². The van der Waals surface area contributed by atoms with Gasteiger partial charge in [-0.05, 0) is 42.8 Å². The normalized spacial score (nSPS) is 10.7. The van der Waals surface area contributed by atoms with Crippen LogP contribution in [0.1, 0.15) is 33.2 Å². The molecule has 0 radical (unpaired) electrons. The van der Waals surface area contributed by atoms with Crippen molar-refractivity contribution in [1.29, 1.82) is 0 Å². The largest absolute Gasteiger partial charge is 0.464 e. The molecule has 0 bridgehead atoms. The van der Waals surface area contributed by atoms with Crippen molar-refractivity contribution in [2.45, 2.75) is 13.5 Å². The molecule has 0 saturated heterocycles. The highest BCUT2D eigenvalue weighted by atomic mass is 32.1. The van der Waals surface area contributed by atoms with E-state index in [9.17, 15) is 9.59 Å². The molecule has 0 spiro atoms. The summed E-state index contributed by atoms with van der Waals surface area (Å²) < 4.78 is 12.4. The number of carbonyl (C=O) groups is 2. The van der Waals surface area contributed by atoms with Gasteiger partial charge in [-0.3, -0.25) is 9.48 Å². The van der Waals surface area contributed by atoms with Crippen LogP contribution >= 0.6 is 11.3 Å².